The maximum absolute atomic E-state index is 12.5. The molecule has 4 nitrogen and oxygen atoms in total. The van der Waals surface area contributed by atoms with E-state index in [4.69, 9.17) is 0 Å². The largest absolute Gasteiger partial charge is 0.412 e. The molecule has 8 heteroatoms. The van der Waals surface area contributed by atoms with Gasteiger partial charge in [0.25, 0.3) is 0 Å². The van der Waals surface area contributed by atoms with Crippen molar-refractivity contribution in [3.63, 3.8) is 0 Å². The summed E-state index contributed by atoms with van der Waals surface area (Å²) < 4.78 is 63.1. The van der Waals surface area contributed by atoms with Gasteiger partial charge in [-0.2, -0.15) is 17.5 Å². The summed E-state index contributed by atoms with van der Waals surface area (Å²) in [6.07, 6.45) is -2.27. The number of alkyl halides is 3. The highest BCUT2D eigenvalue weighted by atomic mass is 32.2. The van der Waals surface area contributed by atoms with E-state index in [-0.39, 0.29) is 19.5 Å². The summed E-state index contributed by atoms with van der Waals surface area (Å²) in [7, 11) is -3.50. The third-order valence-corrected chi connectivity index (χ3v) is 5.87. The number of rotatable bonds is 2. The van der Waals surface area contributed by atoms with Crippen molar-refractivity contribution in [2.75, 3.05) is 26.2 Å². The van der Waals surface area contributed by atoms with Crippen LogP contribution in [0.3, 0.4) is 0 Å². The Labute approximate surface area is 110 Å². The van der Waals surface area contributed by atoms with Gasteiger partial charge in [0.15, 0.2) is 0 Å². The molecule has 0 bridgehead atoms. The number of halogens is 3. The van der Waals surface area contributed by atoms with Crippen molar-refractivity contribution in [2.45, 2.75) is 30.7 Å². The van der Waals surface area contributed by atoms with E-state index in [2.05, 4.69) is 5.32 Å². The van der Waals surface area contributed by atoms with Gasteiger partial charge in [-0.25, -0.2) is 8.42 Å². The van der Waals surface area contributed by atoms with Gasteiger partial charge in [0.1, 0.15) is 0 Å². The van der Waals surface area contributed by atoms with E-state index in [0.717, 1.165) is 19.0 Å². The van der Waals surface area contributed by atoms with Crippen LogP contribution in [0.25, 0.3) is 0 Å². The lowest BCUT2D eigenvalue weighted by molar-refractivity contribution is -0.0953. The van der Waals surface area contributed by atoms with Crippen LogP contribution in [0.2, 0.25) is 0 Å². The fourth-order valence-corrected chi connectivity index (χ4v) is 4.27. The number of nitrogens with zero attached hydrogens (tertiary/aromatic N) is 1. The second kappa shape index (κ2) is 5.41. The monoisotopic (exact) mass is 298 g/mol. The molecular formula is C11H17F3N2O2S. The first-order chi connectivity index (χ1) is 8.82. The minimum absolute atomic E-state index is 0.0792. The van der Waals surface area contributed by atoms with Crippen LogP contribution in [-0.2, 0) is 10.0 Å². The smallest absolute Gasteiger partial charge is 0.315 e. The predicted octanol–water partition coefficient (Wildman–Crippen LogP) is 1.26. The number of sulfonamides is 1. The van der Waals surface area contributed by atoms with Crippen LogP contribution < -0.4 is 5.32 Å². The normalized spacial score (nSPS) is 27.1. The quantitative estimate of drug-likeness (QED) is 0.781. The molecule has 0 spiro atoms. The summed E-state index contributed by atoms with van der Waals surface area (Å²) >= 11 is 0. The van der Waals surface area contributed by atoms with E-state index in [9.17, 15) is 21.6 Å². The third-order valence-electron chi connectivity index (χ3n) is 3.57. The Morgan fingerprint density at radius 2 is 2.11 bits per heavy atom. The van der Waals surface area contributed by atoms with Gasteiger partial charge in [-0.15, -0.1) is 0 Å². The average molecular weight is 298 g/mol. The van der Waals surface area contributed by atoms with Gasteiger partial charge in [0.2, 0.25) is 10.0 Å². The Bertz CT molecular complexity index is 453. The molecular weight excluding hydrogens is 281 g/mol. The molecule has 0 aliphatic carbocycles. The van der Waals surface area contributed by atoms with Crippen LogP contribution in [0.4, 0.5) is 13.2 Å². The van der Waals surface area contributed by atoms with E-state index in [1.54, 1.807) is 0 Å². The highest BCUT2D eigenvalue weighted by Gasteiger charge is 2.39. The summed E-state index contributed by atoms with van der Waals surface area (Å²) in [4.78, 5) is 0. The molecule has 2 aliphatic rings. The standard InChI is InChI=1S/C11H17F3N2O2S/c12-11(13,14)9-3-6-16(7-4-9)19(17,18)10-2-1-5-15-8-10/h3,10,15H,1-2,4-8H2. The molecule has 0 aromatic heterocycles. The van der Waals surface area contributed by atoms with Crippen molar-refractivity contribution >= 4 is 10.0 Å². The first-order valence-corrected chi connectivity index (χ1v) is 7.78. The first-order valence-electron chi connectivity index (χ1n) is 6.28. The molecule has 0 aromatic rings. The van der Waals surface area contributed by atoms with E-state index < -0.39 is 27.0 Å². The fraction of sp³-hybridized carbons (Fsp3) is 0.818. The zero-order valence-electron chi connectivity index (χ0n) is 10.4. The SMILES string of the molecule is O=S(=O)(C1CCCNC1)N1CC=C(C(F)(F)F)CC1. The summed E-state index contributed by atoms with van der Waals surface area (Å²) in [6.45, 7) is 0.927. The van der Waals surface area contributed by atoms with Gasteiger partial charge in [-0.05, 0) is 25.8 Å². The van der Waals surface area contributed by atoms with Crippen LogP contribution in [0, 0.1) is 0 Å². The zero-order chi connectivity index (χ0) is 14.1. The van der Waals surface area contributed by atoms with Gasteiger partial charge in [-0.1, -0.05) is 6.08 Å². The molecule has 1 unspecified atom stereocenters. The first kappa shape index (κ1) is 14.8. The molecule has 0 saturated carbocycles. The molecule has 2 heterocycles. The Balaban J connectivity index is 2.06. The van der Waals surface area contributed by atoms with Crippen molar-refractivity contribution < 1.29 is 21.6 Å². The molecule has 0 amide bonds. The Hall–Kier alpha value is -0.600. The van der Waals surface area contributed by atoms with Crippen molar-refractivity contribution in [1.82, 2.24) is 9.62 Å². The number of hydrogen-bond donors (Lipinski definition) is 1. The summed E-state index contributed by atoms with van der Waals surface area (Å²) in [5, 5.41) is 2.50. The topological polar surface area (TPSA) is 49.4 Å². The minimum atomic E-state index is -4.34. The maximum Gasteiger partial charge on any atom is 0.412 e. The molecule has 19 heavy (non-hydrogen) atoms. The predicted molar refractivity (Wildman–Crippen MR) is 65.1 cm³/mol. The van der Waals surface area contributed by atoms with Gasteiger partial charge < -0.3 is 5.32 Å². The number of piperidine rings is 1. The Morgan fingerprint density at radius 1 is 1.37 bits per heavy atom. The highest BCUT2D eigenvalue weighted by Crippen LogP contribution is 2.31. The van der Waals surface area contributed by atoms with E-state index in [0.29, 0.717) is 13.0 Å². The van der Waals surface area contributed by atoms with Gasteiger partial charge in [0, 0.05) is 25.2 Å². The molecule has 0 radical (unpaired) electrons. The lowest BCUT2D eigenvalue weighted by atomic mass is 10.1. The van der Waals surface area contributed by atoms with Crippen LogP contribution in [0.15, 0.2) is 11.6 Å². The minimum Gasteiger partial charge on any atom is -0.315 e. The van der Waals surface area contributed by atoms with E-state index in [1.165, 1.54) is 4.31 Å². The fourth-order valence-electron chi connectivity index (χ4n) is 2.42. The molecule has 0 aromatic carbocycles. The average Bonchev–Trinajstić information content (AvgIpc) is 2.39. The van der Waals surface area contributed by atoms with Crippen LogP contribution in [-0.4, -0.2) is 50.3 Å². The summed E-state index contributed by atoms with van der Waals surface area (Å²) in [5.74, 6) is 0. The van der Waals surface area contributed by atoms with Gasteiger partial charge in [-0.3, -0.25) is 0 Å². The third kappa shape index (κ3) is 3.29. The van der Waals surface area contributed by atoms with E-state index >= 15 is 0 Å². The van der Waals surface area contributed by atoms with E-state index in [1.807, 2.05) is 0 Å². The molecule has 1 saturated heterocycles. The van der Waals surface area contributed by atoms with Crippen molar-refractivity contribution in [3.8, 4) is 0 Å². The van der Waals surface area contributed by atoms with Gasteiger partial charge in [0.05, 0.1) is 5.25 Å². The molecule has 110 valence electrons. The molecule has 2 rings (SSSR count). The maximum atomic E-state index is 12.5. The molecule has 1 N–H and O–H groups in total. The summed E-state index contributed by atoms with van der Waals surface area (Å²) in [6, 6.07) is 0. The Kier molecular flexibility index (Phi) is 4.22. The van der Waals surface area contributed by atoms with Crippen LogP contribution in [0.1, 0.15) is 19.3 Å². The van der Waals surface area contributed by atoms with Crippen LogP contribution in [0.5, 0.6) is 0 Å². The van der Waals surface area contributed by atoms with Crippen LogP contribution >= 0.6 is 0 Å². The lowest BCUT2D eigenvalue weighted by Gasteiger charge is -2.32. The van der Waals surface area contributed by atoms with Crippen molar-refractivity contribution in [2.24, 2.45) is 0 Å². The van der Waals surface area contributed by atoms with Crippen molar-refractivity contribution in [1.29, 1.82) is 0 Å². The molecule has 1 atom stereocenters. The lowest BCUT2D eigenvalue weighted by Crippen LogP contribution is -2.47. The highest BCUT2D eigenvalue weighted by molar-refractivity contribution is 7.89. The Morgan fingerprint density at radius 3 is 2.58 bits per heavy atom. The van der Waals surface area contributed by atoms with Gasteiger partial charge >= 0.3 is 6.18 Å². The number of nitrogens with one attached hydrogen (secondary N) is 1. The number of hydrogen-bond acceptors (Lipinski definition) is 3. The second-order valence-corrected chi connectivity index (χ2v) is 7.06. The molecule has 2 aliphatic heterocycles. The summed E-state index contributed by atoms with van der Waals surface area (Å²) in [5.41, 5.74) is -0.624. The van der Waals surface area contributed by atoms with Crippen molar-refractivity contribution in [3.05, 3.63) is 11.6 Å². The molecule has 1 fully saturated rings. The zero-order valence-corrected chi connectivity index (χ0v) is 11.2. The second-order valence-electron chi connectivity index (χ2n) is 4.85.